The molecule has 1 saturated heterocycles. The number of ether oxygens (including phenoxy) is 1. The molecule has 2 aliphatic carbocycles. The van der Waals surface area contributed by atoms with Gasteiger partial charge >= 0.3 is 11.9 Å². The molecule has 4 N–H and O–H groups in total. The molecule has 3 heterocycles. The number of nitrogens with zero attached hydrogens (tertiary/aromatic N) is 2. The Morgan fingerprint density at radius 1 is 1.00 bits per heavy atom. The third-order valence-electron chi connectivity index (χ3n) is 11.1. The summed E-state index contributed by atoms with van der Waals surface area (Å²) < 4.78 is 47.7. The molecule has 4 aliphatic rings. The number of nitrogens with two attached hydrogens (primary N) is 2. The number of hydrogen-bond donors (Lipinski definition) is 2. The van der Waals surface area contributed by atoms with Gasteiger partial charge in [-0.1, -0.05) is 19.3 Å². The molecule has 2 aromatic rings. The number of hydrogen-bond acceptors (Lipinski definition) is 5. The largest absolute Gasteiger partial charge is 0.428 e. The number of amides is 2. The number of fused-ring (bicyclic) bond motifs is 3. The minimum atomic E-state index is -2.06. The molecule has 1 aromatic carbocycles. The van der Waals surface area contributed by atoms with Crippen molar-refractivity contribution < 1.29 is 32.3 Å². The van der Waals surface area contributed by atoms with Gasteiger partial charge in [0.05, 0.1) is 18.0 Å². The summed E-state index contributed by atoms with van der Waals surface area (Å²) in [5.41, 5.74) is 11.2. The van der Waals surface area contributed by atoms with Crippen LogP contribution in [0.25, 0.3) is 10.9 Å². The second kappa shape index (κ2) is 12.6. The van der Waals surface area contributed by atoms with Crippen molar-refractivity contribution in [1.82, 2.24) is 9.05 Å². The van der Waals surface area contributed by atoms with Gasteiger partial charge in [0.2, 0.25) is 5.72 Å². The Hall–Kier alpha value is -2.63. The summed E-state index contributed by atoms with van der Waals surface area (Å²) in [5, 5.41) is 0.530. The van der Waals surface area contributed by atoms with Crippen LogP contribution in [0.1, 0.15) is 74.7 Å². The van der Waals surface area contributed by atoms with Crippen LogP contribution in [0.15, 0.2) is 24.3 Å². The van der Waals surface area contributed by atoms with Crippen LogP contribution in [-0.2, 0) is 20.1 Å². The standard InChI is InChI=1S/C32H41F3N4O4.ClH/c33-16-25(36)20-6-8-21(9-7-20)30(41)39(13-12-24(28(39)29(37)40)19-4-2-1-3-5-19)23-10-11-26-22(14-23)15-27-31(42)43-32(17-34,18-35)38(26)27;/h10-11,14-15,19-21,24-25,28H,1-9,12-13,16-18,36H2,(H-,37,40);1H/p+1/t20-,21-,24-,25+,28-,39?;/m0./s1. The Bertz CT molecular complexity index is 1400. The number of alkyl halides is 3. The van der Waals surface area contributed by atoms with Crippen molar-refractivity contribution in [2.24, 2.45) is 35.1 Å². The van der Waals surface area contributed by atoms with E-state index in [0.717, 1.165) is 32.1 Å². The van der Waals surface area contributed by atoms with E-state index >= 15 is 0 Å². The molecule has 44 heavy (non-hydrogen) atoms. The van der Waals surface area contributed by atoms with Crippen molar-refractivity contribution in [2.45, 2.75) is 82.0 Å². The quantitative estimate of drug-likeness (QED) is 0.304. The highest BCUT2D eigenvalue weighted by molar-refractivity contribution is 6.02. The van der Waals surface area contributed by atoms with Crippen LogP contribution in [0.3, 0.4) is 0 Å². The van der Waals surface area contributed by atoms with E-state index in [-0.39, 0.29) is 46.2 Å². The van der Waals surface area contributed by atoms with E-state index in [1.165, 1.54) is 10.6 Å². The van der Waals surface area contributed by atoms with Gasteiger partial charge in [0.1, 0.15) is 18.1 Å². The molecule has 2 amide bonds. The Kier molecular flexibility index (Phi) is 9.41. The van der Waals surface area contributed by atoms with Crippen LogP contribution in [0.4, 0.5) is 18.9 Å². The first-order valence-electron chi connectivity index (χ1n) is 15.8. The van der Waals surface area contributed by atoms with E-state index in [1.54, 1.807) is 18.2 Å². The van der Waals surface area contributed by atoms with Crippen LogP contribution < -0.4 is 16.0 Å². The first-order valence-corrected chi connectivity index (χ1v) is 15.8. The van der Waals surface area contributed by atoms with E-state index < -0.39 is 49.7 Å². The molecule has 8 nitrogen and oxygen atoms in total. The van der Waals surface area contributed by atoms with Crippen LogP contribution >= 0.6 is 12.4 Å². The van der Waals surface area contributed by atoms with Crippen molar-refractivity contribution >= 4 is 46.8 Å². The molecule has 1 aromatic heterocycles. The zero-order chi connectivity index (χ0) is 30.5. The monoisotopic (exact) mass is 639 g/mol. The molecular formula is C32H43ClF3N4O4+. The van der Waals surface area contributed by atoms with Crippen LogP contribution in [0.2, 0.25) is 0 Å². The second-order valence-electron chi connectivity index (χ2n) is 13.3. The summed E-state index contributed by atoms with van der Waals surface area (Å²) in [6.45, 7) is -2.64. The predicted octanol–water partition coefficient (Wildman–Crippen LogP) is 5.22. The molecule has 6 rings (SSSR count). The number of cyclic esters (lactones) is 1. The number of benzene rings is 1. The number of esters is 1. The fourth-order valence-electron chi connectivity index (χ4n) is 8.89. The van der Waals surface area contributed by atoms with E-state index in [4.69, 9.17) is 16.2 Å². The number of likely N-dealkylation sites (tertiary alicyclic amines) is 1. The molecule has 2 aliphatic heterocycles. The molecule has 2 saturated carbocycles. The summed E-state index contributed by atoms with van der Waals surface area (Å²) >= 11 is 0. The number of aromatic nitrogens is 1. The number of primary amides is 1. The smallest absolute Gasteiger partial charge is 0.357 e. The molecular weight excluding hydrogens is 597 g/mol. The lowest BCUT2D eigenvalue weighted by Crippen LogP contribution is -2.65. The normalized spacial score (nSPS) is 30.9. The Labute approximate surface area is 261 Å². The summed E-state index contributed by atoms with van der Waals surface area (Å²) in [5.74, 6) is -1.48. The third-order valence-corrected chi connectivity index (χ3v) is 11.1. The first kappa shape index (κ1) is 32.8. The summed E-state index contributed by atoms with van der Waals surface area (Å²) in [4.78, 5) is 40.9. The maximum Gasteiger partial charge on any atom is 0.357 e. The second-order valence-corrected chi connectivity index (χ2v) is 13.3. The van der Waals surface area contributed by atoms with Gasteiger partial charge < -0.3 is 16.2 Å². The van der Waals surface area contributed by atoms with Gasteiger partial charge in [-0.15, -0.1) is 12.4 Å². The summed E-state index contributed by atoms with van der Waals surface area (Å²) in [6, 6.07) is 5.40. The fraction of sp³-hybridized carbons (Fsp3) is 0.656. The molecule has 3 fully saturated rings. The van der Waals surface area contributed by atoms with Gasteiger partial charge in [-0.25, -0.2) is 27.2 Å². The molecule has 1 unspecified atom stereocenters. The zero-order valence-corrected chi connectivity index (χ0v) is 25.7. The molecule has 4 atom stereocenters. The number of halogens is 4. The van der Waals surface area contributed by atoms with Crippen molar-refractivity contribution in [2.75, 3.05) is 26.6 Å². The number of rotatable bonds is 8. The predicted molar refractivity (Wildman–Crippen MR) is 163 cm³/mol. The molecule has 0 bridgehead atoms. The van der Waals surface area contributed by atoms with Gasteiger partial charge in [0.15, 0.2) is 19.4 Å². The van der Waals surface area contributed by atoms with E-state index in [0.29, 0.717) is 61.2 Å². The molecule has 0 spiro atoms. The highest BCUT2D eigenvalue weighted by Gasteiger charge is 2.61. The van der Waals surface area contributed by atoms with Crippen molar-refractivity contribution in [3.8, 4) is 0 Å². The third kappa shape index (κ3) is 5.03. The summed E-state index contributed by atoms with van der Waals surface area (Å²) in [6.07, 6.45) is 8.38. The SMILES string of the molecule is Cl.NC(=O)[C@@H]1[C@H](C2CCCCC2)CC[N+]1(c1ccc2c(c1)cc1n2C(CF)(CF)OC1=O)C(=O)[C@H]1CC[C@H]([C@H](N)CF)CC1. The van der Waals surface area contributed by atoms with E-state index in [9.17, 15) is 27.6 Å². The van der Waals surface area contributed by atoms with Gasteiger partial charge in [0, 0.05) is 35.9 Å². The Morgan fingerprint density at radius 3 is 2.30 bits per heavy atom. The Balaban J connectivity index is 0.00000384. The van der Waals surface area contributed by atoms with Gasteiger partial charge in [0.25, 0.3) is 5.91 Å². The minimum absolute atomic E-state index is 0. The minimum Gasteiger partial charge on any atom is -0.428 e. The van der Waals surface area contributed by atoms with Crippen molar-refractivity contribution in [1.29, 1.82) is 0 Å². The molecule has 12 heteroatoms. The van der Waals surface area contributed by atoms with Gasteiger partial charge in [-0.3, -0.25) is 9.36 Å². The van der Waals surface area contributed by atoms with Crippen LogP contribution in [-0.4, -0.2) is 61.0 Å². The first-order chi connectivity index (χ1) is 20.7. The Morgan fingerprint density at radius 2 is 1.68 bits per heavy atom. The lowest BCUT2D eigenvalue weighted by molar-refractivity contribution is -0.142. The van der Waals surface area contributed by atoms with Crippen molar-refractivity contribution in [3.05, 3.63) is 30.0 Å². The van der Waals surface area contributed by atoms with Crippen LogP contribution in [0, 0.1) is 23.7 Å². The molecule has 0 radical (unpaired) electrons. The maximum absolute atomic E-state index is 14.8. The van der Waals surface area contributed by atoms with Crippen molar-refractivity contribution in [3.63, 3.8) is 0 Å². The summed E-state index contributed by atoms with van der Waals surface area (Å²) in [7, 11) is 0. The average Bonchev–Trinajstić information content (AvgIpc) is 3.71. The van der Waals surface area contributed by atoms with E-state index in [2.05, 4.69) is 0 Å². The van der Waals surface area contributed by atoms with Gasteiger partial charge in [-0.2, -0.15) is 0 Å². The number of carbonyl (C=O) groups is 3. The average molecular weight is 640 g/mol. The topological polar surface area (TPSA) is 117 Å². The van der Waals surface area contributed by atoms with Crippen LogP contribution in [0.5, 0.6) is 0 Å². The molecule has 242 valence electrons. The zero-order valence-electron chi connectivity index (χ0n) is 24.9. The lowest BCUT2D eigenvalue weighted by atomic mass is 9.75. The van der Waals surface area contributed by atoms with Gasteiger partial charge in [-0.05, 0) is 62.5 Å². The number of carbonyl (C=O) groups excluding carboxylic acids is 3. The maximum atomic E-state index is 14.8. The fourth-order valence-corrected chi connectivity index (χ4v) is 8.89. The highest BCUT2D eigenvalue weighted by atomic mass is 35.5. The lowest BCUT2D eigenvalue weighted by Gasteiger charge is -2.42. The highest BCUT2D eigenvalue weighted by Crippen LogP contribution is 2.48. The number of quaternary nitrogens is 1. The van der Waals surface area contributed by atoms with E-state index in [1.807, 2.05) is 0 Å².